The average Bonchev–Trinajstić information content (AvgIpc) is 2.54. The lowest BCUT2D eigenvalue weighted by Crippen LogP contribution is -2.24. The average molecular weight is 398 g/mol. The summed E-state index contributed by atoms with van der Waals surface area (Å²) in [5, 5.41) is 4.32. The first-order valence-corrected chi connectivity index (χ1v) is 7.80. The van der Waals surface area contributed by atoms with Gasteiger partial charge in [-0.15, -0.1) is 0 Å². The monoisotopic (exact) mass is 396 g/mol. The summed E-state index contributed by atoms with van der Waals surface area (Å²) in [4.78, 5) is 11.7. The van der Waals surface area contributed by atoms with Crippen molar-refractivity contribution in [1.82, 2.24) is 5.43 Å². The number of hydrogen-bond acceptors (Lipinski definition) is 4. The zero-order valence-corrected chi connectivity index (χ0v) is 14.6. The third-order valence-electron chi connectivity index (χ3n) is 2.77. The number of amides is 1. The predicted molar refractivity (Wildman–Crippen MR) is 93.4 cm³/mol. The Labute approximate surface area is 147 Å². The Bertz CT molecular complexity index is 722. The number of methoxy groups -OCH3 is 1. The molecule has 0 atom stereocenters. The minimum Gasteiger partial charge on any atom is -0.496 e. The zero-order valence-electron chi connectivity index (χ0n) is 12.3. The summed E-state index contributed by atoms with van der Waals surface area (Å²) >= 11 is 9.31. The molecule has 0 aliphatic heterocycles. The fraction of sp³-hybridized carbons (Fsp3) is 0.125. The van der Waals surface area contributed by atoms with Gasteiger partial charge in [-0.3, -0.25) is 4.79 Å². The van der Waals surface area contributed by atoms with Gasteiger partial charge in [0.05, 0.1) is 22.8 Å². The normalized spacial score (nSPS) is 10.6. The van der Waals surface area contributed by atoms with Crippen molar-refractivity contribution in [3.8, 4) is 11.5 Å². The molecule has 2 aromatic carbocycles. The van der Waals surface area contributed by atoms with Crippen LogP contribution in [0, 0.1) is 0 Å². The van der Waals surface area contributed by atoms with Crippen molar-refractivity contribution in [3.05, 3.63) is 57.5 Å². The second-order valence-corrected chi connectivity index (χ2v) is 5.67. The number of nitrogens with zero attached hydrogens (tertiary/aromatic N) is 1. The van der Waals surface area contributed by atoms with Crippen LogP contribution in [0.1, 0.15) is 5.56 Å². The van der Waals surface area contributed by atoms with Gasteiger partial charge in [-0.05, 0) is 51.8 Å². The maximum atomic E-state index is 11.7. The number of ether oxygens (including phenoxy) is 2. The minimum absolute atomic E-state index is 0.173. The Morgan fingerprint density at radius 1 is 1.30 bits per heavy atom. The van der Waals surface area contributed by atoms with Crippen LogP contribution < -0.4 is 14.9 Å². The van der Waals surface area contributed by atoms with Crippen molar-refractivity contribution in [2.24, 2.45) is 5.10 Å². The summed E-state index contributed by atoms with van der Waals surface area (Å²) in [6.45, 7) is -0.173. The quantitative estimate of drug-likeness (QED) is 0.598. The molecule has 0 aliphatic rings. The van der Waals surface area contributed by atoms with E-state index in [0.29, 0.717) is 10.8 Å². The van der Waals surface area contributed by atoms with E-state index in [2.05, 4.69) is 26.5 Å². The first-order chi connectivity index (χ1) is 11.1. The lowest BCUT2D eigenvalue weighted by atomic mass is 10.2. The van der Waals surface area contributed by atoms with E-state index in [1.165, 1.54) is 6.21 Å². The highest BCUT2D eigenvalue weighted by Crippen LogP contribution is 2.25. The number of carbonyl (C=O) groups excluding carboxylic acids is 1. The van der Waals surface area contributed by atoms with E-state index < -0.39 is 0 Å². The highest BCUT2D eigenvalue weighted by atomic mass is 79.9. The van der Waals surface area contributed by atoms with Crippen LogP contribution in [0.4, 0.5) is 0 Å². The van der Waals surface area contributed by atoms with Gasteiger partial charge in [0, 0.05) is 0 Å². The van der Waals surface area contributed by atoms with Crippen molar-refractivity contribution in [3.63, 3.8) is 0 Å². The SMILES string of the molecule is COc1ccc(C=NNC(=O)COc2ccccc2Cl)cc1Br. The third kappa shape index (κ3) is 5.26. The van der Waals surface area contributed by atoms with Gasteiger partial charge in [-0.25, -0.2) is 5.43 Å². The van der Waals surface area contributed by atoms with Gasteiger partial charge in [0.1, 0.15) is 11.5 Å². The van der Waals surface area contributed by atoms with Crippen LogP contribution in [-0.2, 0) is 4.79 Å². The van der Waals surface area contributed by atoms with Crippen LogP contribution in [0.2, 0.25) is 5.02 Å². The van der Waals surface area contributed by atoms with Crippen molar-refractivity contribution in [1.29, 1.82) is 0 Å². The highest BCUT2D eigenvalue weighted by molar-refractivity contribution is 9.10. The third-order valence-corrected chi connectivity index (χ3v) is 3.71. The summed E-state index contributed by atoms with van der Waals surface area (Å²) < 4.78 is 11.2. The molecule has 0 radical (unpaired) electrons. The zero-order chi connectivity index (χ0) is 16.7. The maximum absolute atomic E-state index is 11.7. The molecule has 2 aromatic rings. The van der Waals surface area contributed by atoms with Crippen LogP contribution in [0.5, 0.6) is 11.5 Å². The van der Waals surface area contributed by atoms with E-state index >= 15 is 0 Å². The van der Waals surface area contributed by atoms with E-state index in [4.69, 9.17) is 21.1 Å². The van der Waals surface area contributed by atoms with Gasteiger partial charge in [0.15, 0.2) is 6.61 Å². The number of carbonyl (C=O) groups is 1. The molecule has 7 heteroatoms. The molecule has 0 fully saturated rings. The van der Waals surface area contributed by atoms with E-state index in [-0.39, 0.29) is 12.5 Å². The summed E-state index contributed by atoms with van der Waals surface area (Å²) in [5.74, 6) is 0.792. The fourth-order valence-corrected chi connectivity index (χ4v) is 2.43. The number of para-hydroxylation sites is 1. The van der Waals surface area contributed by atoms with Crippen molar-refractivity contribution in [2.45, 2.75) is 0 Å². The summed E-state index contributed by atoms with van der Waals surface area (Å²) in [6, 6.07) is 12.4. The van der Waals surface area contributed by atoms with Crippen LogP contribution >= 0.6 is 27.5 Å². The van der Waals surface area contributed by atoms with Gasteiger partial charge in [0.2, 0.25) is 0 Å². The second kappa shape index (κ2) is 8.55. The molecule has 5 nitrogen and oxygen atoms in total. The lowest BCUT2D eigenvalue weighted by Gasteiger charge is -2.06. The van der Waals surface area contributed by atoms with E-state index in [9.17, 15) is 4.79 Å². The Hall–Kier alpha value is -2.05. The van der Waals surface area contributed by atoms with Crippen molar-refractivity contribution in [2.75, 3.05) is 13.7 Å². The van der Waals surface area contributed by atoms with Gasteiger partial charge in [-0.1, -0.05) is 23.7 Å². The topological polar surface area (TPSA) is 59.9 Å². The molecule has 1 N–H and O–H groups in total. The van der Waals surface area contributed by atoms with Crippen LogP contribution in [0.25, 0.3) is 0 Å². The van der Waals surface area contributed by atoms with E-state index in [1.54, 1.807) is 37.4 Å². The number of rotatable bonds is 6. The Morgan fingerprint density at radius 3 is 2.78 bits per heavy atom. The van der Waals surface area contributed by atoms with E-state index in [0.717, 1.165) is 15.8 Å². The number of benzene rings is 2. The lowest BCUT2D eigenvalue weighted by molar-refractivity contribution is -0.123. The van der Waals surface area contributed by atoms with Gasteiger partial charge in [0.25, 0.3) is 5.91 Å². The van der Waals surface area contributed by atoms with Crippen LogP contribution in [0.3, 0.4) is 0 Å². The molecule has 0 bridgehead atoms. The molecule has 23 heavy (non-hydrogen) atoms. The van der Waals surface area contributed by atoms with Crippen LogP contribution in [-0.4, -0.2) is 25.8 Å². The molecule has 0 aromatic heterocycles. The minimum atomic E-state index is -0.381. The summed E-state index contributed by atoms with van der Waals surface area (Å²) in [5.41, 5.74) is 3.19. The standard InChI is InChI=1S/C16H14BrClN2O3/c1-22-14-7-6-11(8-12(14)17)9-19-20-16(21)10-23-15-5-3-2-4-13(15)18/h2-9H,10H2,1H3,(H,20,21). The second-order valence-electron chi connectivity index (χ2n) is 4.41. The number of nitrogens with one attached hydrogen (secondary N) is 1. The highest BCUT2D eigenvalue weighted by Gasteiger charge is 2.04. The Kier molecular flexibility index (Phi) is 6.43. The molecule has 0 saturated heterocycles. The molecular formula is C16H14BrClN2O3. The maximum Gasteiger partial charge on any atom is 0.277 e. The number of halogens is 2. The fourth-order valence-electron chi connectivity index (χ4n) is 1.68. The molecule has 0 heterocycles. The van der Waals surface area contributed by atoms with E-state index in [1.807, 2.05) is 12.1 Å². The Morgan fingerprint density at radius 2 is 2.09 bits per heavy atom. The van der Waals surface area contributed by atoms with Gasteiger partial charge in [-0.2, -0.15) is 5.10 Å². The molecule has 0 spiro atoms. The molecule has 2 rings (SSSR count). The molecule has 0 unspecified atom stereocenters. The van der Waals surface area contributed by atoms with Crippen molar-refractivity contribution >= 4 is 39.7 Å². The van der Waals surface area contributed by atoms with Crippen molar-refractivity contribution < 1.29 is 14.3 Å². The summed E-state index contributed by atoms with van der Waals surface area (Å²) in [7, 11) is 1.59. The number of hydrazone groups is 1. The summed E-state index contributed by atoms with van der Waals surface area (Å²) in [6.07, 6.45) is 1.53. The largest absolute Gasteiger partial charge is 0.496 e. The van der Waals surface area contributed by atoms with Gasteiger partial charge >= 0.3 is 0 Å². The first kappa shape index (κ1) is 17.3. The molecule has 120 valence electrons. The predicted octanol–water partition coefficient (Wildman–Crippen LogP) is 3.64. The Balaban J connectivity index is 1.84. The molecule has 1 amide bonds. The van der Waals surface area contributed by atoms with Crippen LogP contribution in [0.15, 0.2) is 52.0 Å². The molecule has 0 aliphatic carbocycles. The number of hydrogen-bond donors (Lipinski definition) is 1. The smallest absolute Gasteiger partial charge is 0.277 e. The molecular weight excluding hydrogens is 384 g/mol. The van der Waals surface area contributed by atoms with Gasteiger partial charge < -0.3 is 9.47 Å². The molecule has 0 saturated carbocycles. The first-order valence-electron chi connectivity index (χ1n) is 6.63.